The summed E-state index contributed by atoms with van der Waals surface area (Å²) >= 11 is 0. The molecule has 0 aromatic heterocycles. The maximum Gasteiger partial charge on any atom is 0.146 e. The summed E-state index contributed by atoms with van der Waals surface area (Å²) in [6.45, 7) is 0.676. The van der Waals surface area contributed by atoms with E-state index in [2.05, 4.69) is 0 Å². The molecule has 0 saturated heterocycles. The van der Waals surface area contributed by atoms with Gasteiger partial charge in [-0.1, -0.05) is 6.42 Å². The zero-order valence-corrected chi connectivity index (χ0v) is 7.66. The molecule has 2 atom stereocenters. The van der Waals surface area contributed by atoms with Crippen LogP contribution in [-0.2, 0) is 9.47 Å². The van der Waals surface area contributed by atoms with Gasteiger partial charge in [0.05, 0.1) is 6.10 Å². The second-order valence-electron chi connectivity index (χ2n) is 3.41. The van der Waals surface area contributed by atoms with Gasteiger partial charge >= 0.3 is 0 Å². The third kappa shape index (κ3) is 3.09. The lowest BCUT2D eigenvalue weighted by atomic mass is 9.88. The first-order valence-corrected chi connectivity index (χ1v) is 4.58. The fourth-order valence-corrected chi connectivity index (χ4v) is 1.72. The minimum atomic E-state index is 0.298. The standard InChI is InChI=1S/C9H18O3/c1-11-7-12-9-4-2-3-8(5-9)6-10/h8-10H,2-7H2,1H3/t8-,9+/m0/s1. The zero-order chi connectivity index (χ0) is 8.81. The van der Waals surface area contributed by atoms with E-state index in [4.69, 9.17) is 14.6 Å². The highest BCUT2D eigenvalue weighted by Crippen LogP contribution is 2.25. The molecule has 0 aromatic carbocycles. The van der Waals surface area contributed by atoms with E-state index in [1.54, 1.807) is 7.11 Å². The van der Waals surface area contributed by atoms with E-state index in [1.165, 1.54) is 6.42 Å². The van der Waals surface area contributed by atoms with Crippen LogP contribution < -0.4 is 0 Å². The summed E-state index contributed by atoms with van der Waals surface area (Å²) in [5.74, 6) is 0.445. The first-order valence-electron chi connectivity index (χ1n) is 4.58. The third-order valence-corrected chi connectivity index (χ3v) is 2.41. The lowest BCUT2D eigenvalue weighted by Crippen LogP contribution is -2.25. The van der Waals surface area contributed by atoms with E-state index in [9.17, 15) is 0 Å². The monoisotopic (exact) mass is 174 g/mol. The Morgan fingerprint density at radius 2 is 2.25 bits per heavy atom. The Bertz CT molecular complexity index is 116. The van der Waals surface area contributed by atoms with Crippen LogP contribution in [0, 0.1) is 5.92 Å². The number of aliphatic hydroxyl groups excluding tert-OH is 1. The fraction of sp³-hybridized carbons (Fsp3) is 1.00. The molecule has 1 aliphatic carbocycles. The van der Waals surface area contributed by atoms with Gasteiger partial charge in [0, 0.05) is 13.7 Å². The van der Waals surface area contributed by atoms with Crippen LogP contribution in [0.5, 0.6) is 0 Å². The number of methoxy groups -OCH3 is 1. The van der Waals surface area contributed by atoms with Gasteiger partial charge in [-0.25, -0.2) is 0 Å². The maximum absolute atomic E-state index is 8.95. The molecule has 3 nitrogen and oxygen atoms in total. The van der Waals surface area contributed by atoms with Crippen LogP contribution in [0.15, 0.2) is 0 Å². The van der Waals surface area contributed by atoms with Gasteiger partial charge in [-0.15, -0.1) is 0 Å². The van der Waals surface area contributed by atoms with Gasteiger partial charge < -0.3 is 14.6 Å². The topological polar surface area (TPSA) is 38.7 Å². The average Bonchev–Trinajstić information content (AvgIpc) is 2.15. The summed E-state index contributed by atoms with van der Waals surface area (Å²) in [6.07, 6.45) is 4.71. The van der Waals surface area contributed by atoms with Gasteiger partial charge in [0.2, 0.25) is 0 Å². The molecule has 0 unspecified atom stereocenters. The molecule has 0 aliphatic heterocycles. The Morgan fingerprint density at radius 1 is 1.42 bits per heavy atom. The van der Waals surface area contributed by atoms with E-state index in [1.807, 2.05) is 0 Å². The first-order chi connectivity index (χ1) is 5.86. The van der Waals surface area contributed by atoms with Crippen molar-refractivity contribution in [1.82, 2.24) is 0 Å². The fourth-order valence-electron chi connectivity index (χ4n) is 1.72. The van der Waals surface area contributed by atoms with E-state index < -0.39 is 0 Å². The number of ether oxygens (including phenoxy) is 2. The molecule has 0 spiro atoms. The third-order valence-electron chi connectivity index (χ3n) is 2.41. The normalized spacial score (nSPS) is 30.5. The molecule has 1 fully saturated rings. The molecule has 1 saturated carbocycles. The molecule has 12 heavy (non-hydrogen) atoms. The van der Waals surface area contributed by atoms with Gasteiger partial charge in [0.25, 0.3) is 0 Å². The SMILES string of the molecule is COCO[C@@H]1CCC[C@H](CO)C1. The number of aliphatic hydroxyl groups is 1. The van der Waals surface area contributed by atoms with Crippen molar-refractivity contribution in [3.8, 4) is 0 Å². The molecular formula is C9H18O3. The molecule has 0 bridgehead atoms. The van der Waals surface area contributed by atoms with Crippen LogP contribution in [0.4, 0.5) is 0 Å². The van der Waals surface area contributed by atoms with Gasteiger partial charge in [-0.05, 0) is 25.2 Å². The van der Waals surface area contributed by atoms with Crippen LogP contribution in [0.1, 0.15) is 25.7 Å². The van der Waals surface area contributed by atoms with Crippen LogP contribution in [0.2, 0.25) is 0 Å². The lowest BCUT2D eigenvalue weighted by Gasteiger charge is -2.27. The van der Waals surface area contributed by atoms with Crippen molar-refractivity contribution in [2.75, 3.05) is 20.5 Å². The summed E-state index contributed by atoms with van der Waals surface area (Å²) in [4.78, 5) is 0. The molecule has 0 aromatic rings. The highest BCUT2D eigenvalue weighted by Gasteiger charge is 2.21. The second kappa shape index (κ2) is 5.51. The van der Waals surface area contributed by atoms with E-state index >= 15 is 0 Å². The van der Waals surface area contributed by atoms with E-state index in [-0.39, 0.29) is 0 Å². The Morgan fingerprint density at radius 3 is 2.92 bits per heavy atom. The Kier molecular flexibility index (Phi) is 4.58. The van der Waals surface area contributed by atoms with Crippen LogP contribution in [-0.4, -0.2) is 31.7 Å². The maximum atomic E-state index is 8.95. The van der Waals surface area contributed by atoms with Crippen LogP contribution in [0.3, 0.4) is 0 Å². The van der Waals surface area contributed by atoms with Crippen LogP contribution >= 0.6 is 0 Å². The minimum Gasteiger partial charge on any atom is -0.396 e. The molecule has 0 radical (unpaired) electrons. The van der Waals surface area contributed by atoms with Gasteiger partial charge in [0.15, 0.2) is 0 Å². The summed E-state index contributed by atoms with van der Waals surface area (Å²) in [6, 6.07) is 0. The molecule has 1 rings (SSSR count). The largest absolute Gasteiger partial charge is 0.396 e. The van der Waals surface area contributed by atoms with Crippen molar-refractivity contribution in [2.45, 2.75) is 31.8 Å². The predicted octanol–water partition coefficient (Wildman–Crippen LogP) is 1.16. The average molecular weight is 174 g/mol. The quantitative estimate of drug-likeness (QED) is 0.650. The first kappa shape index (κ1) is 9.96. The molecular weight excluding hydrogens is 156 g/mol. The van der Waals surface area contributed by atoms with Gasteiger partial charge in [-0.2, -0.15) is 0 Å². The van der Waals surface area contributed by atoms with Gasteiger partial charge in [-0.3, -0.25) is 0 Å². The summed E-state index contributed by atoms with van der Waals surface area (Å²) < 4.78 is 10.3. The minimum absolute atomic E-state index is 0.298. The molecule has 1 N–H and O–H groups in total. The summed E-state index contributed by atoms with van der Waals surface area (Å²) in [7, 11) is 1.63. The molecule has 0 amide bonds. The summed E-state index contributed by atoms with van der Waals surface area (Å²) in [5, 5.41) is 8.95. The second-order valence-corrected chi connectivity index (χ2v) is 3.41. The van der Waals surface area contributed by atoms with Crippen molar-refractivity contribution >= 4 is 0 Å². The number of hydrogen-bond donors (Lipinski definition) is 1. The highest BCUT2D eigenvalue weighted by molar-refractivity contribution is 4.72. The number of rotatable bonds is 4. The smallest absolute Gasteiger partial charge is 0.146 e. The van der Waals surface area contributed by atoms with Crippen LogP contribution in [0.25, 0.3) is 0 Å². The van der Waals surface area contributed by atoms with Crippen molar-refractivity contribution < 1.29 is 14.6 Å². The Balaban J connectivity index is 2.16. The highest BCUT2D eigenvalue weighted by atomic mass is 16.7. The predicted molar refractivity (Wildman–Crippen MR) is 45.8 cm³/mol. The Hall–Kier alpha value is -0.120. The van der Waals surface area contributed by atoms with Crippen molar-refractivity contribution in [3.63, 3.8) is 0 Å². The zero-order valence-electron chi connectivity index (χ0n) is 7.66. The molecule has 3 heteroatoms. The number of hydrogen-bond acceptors (Lipinski definition) is 3. The van der Waals surface area contributed by atoms with E-state index in [0.717, 1.165) is 19.3 Å². The molecule has 0 heterocycles. The summed E-state index contributed by atoms with van der Waals surface area (Å²) in [5.41, 5.74) is 0. The Labute approximate surface area is 73.7 Å². The lowest BCUT2D eigenvalue weighted by molar-refractivity contribution is -0.0907. The van der Waals surface area contributed by atoms with Crippen molar-refractivity contribution in [3.05, 3.63) is 0 Å². The van der Waals surface area contributed by atoms with Crippen molar-refractivity contribution in [2.24, 2.45) is 5.92 Å². The molecule has 1 aliphatic rings. The van der Waals surface area contributed by atoms with Crippen molar-refractivity contribution in [1.29, 1.82) is 0 Å². The van der Waals surface area contributed by atoms with Gasteiger partial charge in [0.1, 0.15) is 6.79 Å². The van der Waals surface area contributed by atoms with E-state index in [0.29, 0.717) is 25.4 Å². The molecule has 72 valence electrons.